The van der Waals surface area contributed by atoms with Gasteiger partial charge in [-0.25, -0.2) is 4.31 Å². The third-order valence-corrected chi connectivity index (χ3v) is 34.5. The van der Waals surface area contributed by atoms with Gasteiger partial charge in [-0.2, -0.15) is 0 Å². The molecule has 0 atom stereocenters. The number of hydrogen-bond donors (Lipinski definition) is 0. The van der Waals surface area contributed by atoms with Gasteiger partial charge in [-0.05, 0) is 49.5 Å². The van der Waals surface area contributed by atoms with Crippen molar-refractivity contribution in [1.29, 1.82) is 0 Å². The molecule has 864 valence electrons. The lowest BCUT2D eigenvalue weighted by Crippen LogP contribution is -2.31. The zero-order valence-corrected chi connectivity index (χ0v) is 100. The van der Waals surface area contributed by atoms with Crippen LogP contribution in [0.4, 0.5) is 0 Å². The van der Waals surface area contributed by atoms with Crippen molar-refractivity contribution in [2.75, 3.05) is 121 Å². The average Bonchev–Trinajstić information content (AvgIpc) is 0.849. The molecule has 148 heavy (non-hydrogen) atoms. The SMILES string of the molecule is CCCCCCCCCCCCCCOC(=O)CCN(CCSSCCC(=O)Oc1cc(OC(=O)CCSSCCN(CCC(=O)OCCCCCCCCCCCCCC)CCC(=O)OCCCCCCCCCCCCCC)cc(OC(=O)CCSSN(CCC(=O)OCCCCCCCCCCCCCC)CCC(=O)OCCCCCCCCCCCCCC)c1)CCC(=O)OCCCCCCCCCCCCCC. The summed E-state index contributed by atoms with van der Waals surface area (Å²) >= 11 is 0. The molecule has 0 aliphatic heterocycles. The van der Waals surface area contributed by atoms with Crippen LogP contribution in [0.3, 0.4) is 0 Å². The molecule has 0 fully saturated rings. The van der Waals surface area contributed by atoms with Gasteiger partial charge in [-0.15, -0.1) is 0 Å². The van der Waals surface area contributed by atoms with Gasteiger partial charge in [0, 0.05) is 99.3 Å². The van der Waals surface area contributed by atoms with Crippen LogP contribution in [0.25, 0.3) is 0 Å². The molecule has 0 aliphatic rings. The first-order valence-corrected chi connectivity index (χ1v) is 68.6. The van der Waals surface area contributed by atoms with Crippen LogP contribution in [-0.2, 0) is 71.6 Å². The molecule has 0 unspecified atom stereocenters. The summed E-state index contributed by atoms with van der Waals surface area (Å²) in [6.07, 6.45) is 89.2. The van der Waals surface area contributed by atoms with Gasteiger partial charge in [-0.3, -0.25) is 43.2 Å². The maximum Gasteiger partial charge on any atom is 0.312 e. The van der Waals surface area contributed by atoms with Crippen LogP contribution >= 0.6 is 64.9 Å². The summed E-state index contributed by atoms with van der Waals surface area (Å²) in [5.41, 5.74) is 0. The Morgan fingerprint density at radius 3 is 0.514 bits per heavy atom. The van der Waals surface area contributed by atoms with Crippen LogP contribution in [0.15, 0.2) is 18.2 Å². The van der Waals surface area contributed by atoms with Crippen molar-refractivity contribution in [2.24, 2.45) is 0 Å². The molecule has 1 aromatic rings. The Morgan fingerprint density at radius 2 is 0.331 bits per heavy atom. The molecule has 1 aromatic carbocycles. The third kappa shape index (κ3) is 104. The smallest absolute Gasteiger partial charge is 0.312 e. The summed E-state index contributed by atoms with van der Waals surface area (Å²) in [5, 5.41) is 0. The first kappa shape index (κ1) is 142. The molecule has 0 saturated carbocycles. The second-order valence-corrected chi connectivity index (χ2v) is 49.1. The fourth-order valence-electron chi connectivity index (χ4n) is 17.8. The van der Waals surface area contributed by atoms with Gasteiger partial charge in [0.05, 0.1) is 97.4 Å². The quantitative estimate of drug-likeness (QED) is 0.0147. The molecule has 0 spiro atoms. The Bertz CT molecular complexity index is 2910. The second-order valence-electron chi connectivity index (χ2n) is 41.3. The van der Waals surface area contributed by atoms with E-state index in [4.69, 9.17) is 42.6 Å². The zero-order chi connectivity index (χ0) is 107. The molecule has 0 amide bonds. The van der Waals surface area contributed by atoms with E-state index in [1.807, 2.05) is 4.31 Å². The van der Waals surface area contributed by atoms with E-state index in [0.717, 1.165) is 116 Å². The summed E-state index contributed by atoms with van der Waals surface area (Å²) in [6.45, 7) is 19.5. The predicted octanol–water partition coefficient (Wildman–Crippen LogP) is 35.3. The molecule has 0 bridgehead atoms. The number of benzene rings is 1. The summed E-state index contributed by atoms with van der Waals surface area (Å²) < 4.78 is 53.9. The Kier molecular flexibility index (Phi) is 110. The topological polar surface area (TPSA) is 246 Å². The number of unbranched alkanes of at least 4 members (excludes halogenated alkanes) is 66. The number of esters is 9. The minimum atomic E-state index is -0.591. The molecule has 21 nitrogen and oxygen atoms in total. The second kappa shape index (κ2) is 114. The third-order valence-electron chi connectivity index (χ3n) is 27.2. The highest BCUT2D eigenvalue weighted by molar-refractivity contribution is 8.77. The summed E-state index contributed by atoms with van der Waals surface area (Å²) in [5.74, 6) is -0.838. The van der Waals surface area contributed by atoms with Crippen LogP contribution in [0, 0.1) is 0 Å². The van der Waals surface area contributed by atoms with Crippen molar-refractivity contribution in [2.45, 2.75) is 562 Å². The van der Waals surface area contributed by atoms with E-state index in [2.05, 4.69) is 51.3 Å². The molecule has 0 N–H and O–H groups in total. The van der Waals surface area contributed by atoms with Crippen LogP contribution in [0.5, 0.6) is 17.2 Å². The van der Waals surface area contributed by atoms with Gasteiger partial charge >= 0.3 is 53.7 Å². The number of rotatable bonds is 118. The van der Waals surface area contributed by atoms with Gasteiger partial charge in [-0.1, -0.05) is 519 Å². The van der Waals surface area contributed by atoms with Crippen molar-refractivity contribution in [3.8, 4) is 17.2 Å². The van der Waals surface area contributed by atoms with Gasteiger partial charge in [0.15, 0.2) is 0 Å². The lowest BCUT2D eigenvalue weighted by atomic mass is 10.1. The molecule has 0 aliphatic carbocycles. The first-order valence-electron chi connectivity index (χ1n) is 61.3. The standard InChI is InChI=1S/C121H221N3O18S6/c1-7-13-19-25-31-37-43-49-55-61-67-73-96-134-113(125)79-88-122(89-80-114(126)135-97-74-68-62-56-50-44-38-32-26-20-14-8-2)94-105-145-143-102-85-119(131)140-110-107-111(141-120(132)86-103-144-146-106-95-123(90-81-115(127)136-98-75-69-63-57-51-45-39-33-27-21-15-9-3)91-82-116(128)137-99-76-70-64-58-52-46-40-34-28-22-16-10-4)109-112(108-110)142-121(133)87-104-147-148-124(92-83-117(129)138-100-77-71-65-59-53-47-41-35-29-23-17-11-5)93-84-118(130)139-101-78-72-66-60-54-48-42-36-30-24-18-12-6/h107-109H,7-106H2,1-6H3. The van der Waals surface area contributed by atoms with E-state index in [9.17, 15) is 43.2 Å². The lowest BCUT2D eigenvalue weighted by Gasteiger charge is -2.21. The van der Waals surface area contributed by atoms with Gasteiger partial charge in [0.2, 0.25) is 0 Å². The predicted molar refractivity (Wildman–Crippen MR) is 631 cm³/mol. The Labute approximate surface area is 929 Å². The van der Waals surface area contributed by atoms with Gasteiger partial charge < -0.3 is 52.4 Å². The number of carbonyl (C=O) groups is 9. The Balaban J connectivity index is 3.30. The van der Waals surface area contributed by atoms with Crippen LogP contribution in [0.1, 0.15) is 562 Å². The van der Waals surface area contributed by atoms with Crippen molar-refractivity contribution in [3.05, 3.63) is 18.2 Å². The maximum absolute atomic E-state index is 13.9. The van der Waals surface area contributed by atoms with Crippen molar-refractivity contribution >= 4 is 119 Å². The van der Waals surface area contributed by atoms with Gasteiger partial charge in [0.1, 0.15) is 17.2 Å². The van der Waals surface area contributed by atoms with Crippen LogP contribution in [-0.4, -0.2) is 189 Å². The molecule has 0 aromatic heterocycles. The largest absolute Gasteiger partial charge is 0.466 e. The average molecular weight is 2200 g/mol. The van der Waals surface area contributed by atoms with Crippen molar-refractivity contribution < 1.29 is 85.8 Å². The minimum Gasteiger partial charge on any atom is -0.466 e. The number of hydrogen-bond acceptors (Lipinski definition) is 27. The number of nitrogens with zero attached hydrogens (tertiary/aromatic N) is 3. The molecular formula is C121H221N3O18S6. The Morgan fingerprint density at radius 1 is 0.176 bits per heavy atom. The van der Waals surface area contributed by atoms with E-state index in [1.165, 1.54) is 408 Å². The highest BCUT2D eigenvalue weighted by Gasteiger charge is 2.21. The van der Waals surface area contributed by atoms with Gasteiger partial charge in [0.25, 0.3) is 0 Å². The van der Waals surface area contributed by atoms with Crippen molar-refractivity contribution in [1.82, 2.24) is 14.1 Å². The number of ether oxygens (including phenoxy) is 9. The van der Waals surface area contributed by atoms with Crippen molar-refractivity contribution in [3.63, 3.8) is 0 Å². The summed E-state index contributed by atoms with van der Waals surface area (Å²) in [4.78, 5) is 125. The van der Waals surface area contributed by atoms with Crippen LogP contribution in [0.2, 0.25) is 0 Å². The molecule has 0 heterocycles. The fraction of sp³-hybridized carbons (Fsp3) is 0.876. The van der Waals surface area contributed by atoms with Crippen LogP contribution < -0.4 is 14.2 Å². The normalized spacial score (nSPS) is 11.5. The summed E-state index contributed by atoms with van der Waals surface area (Å²) in [7, 11) is 8.93. The van der Waals surface area contributed by atoms with E-state index < -0.39 is 17.9 Å². The highest BCUT2D eigenvalue weighted by atomic mass is 33.1. The zero-order valence-electron chi connectivity index (χ0n) is 95.6. The maximum atomic E-state index is 13.9. The fourth-order valence-corrected chi connectivity index (χ4v) is 24.0. The molecule has 1 rings (SSSR count). The molecule has 27 heteroatoms. The van der Waals surface area contributed by atoms with E-state index in [0.29, 0.717) is 121 Å². The molecule has 0 saturated heterocycles. The van der Waals surface area contributed by atoms with E-state index >= 15 is 0 Å². The lowest BCUT2D eigenvalue weighted by molar-refractivity contribution is -0.146. The first-order chi connectivity index (χ1) is 72.6. The Hall–Kier alpha value is -3.57. The summed E-state index contributed by atoms with van der Waals surface area (Å²) in [6, 6.07) is 4.28. The molecular weight excluding hydrogens is 1980 g/mol. The highest BCUT2D eigenvalue weighted by Crippen LogP contribution is 2.33. The monoisotopic (exact) mass is 2200 g/mol. The van der Waals surface area contributed by atoms with E-state index in [1.54, 1.807) is 21.6 Å². The number of carbonyl (C=O) groups excluding carboxylic acids is 9. The molecule has 0 radical (unpaired) electrons. The van der Waals surface area contributed by atoms with E-state index in [-0.39, 0.29) is 111 Å². The minimum absolute atomic E-state index is 0.00627.